The Morgan fingerprint density at radius 2 is 1.89 bits per heavy atom. The molecule has 19 heavy (non-hydrogen) atoms. The van der Waals surface area contributed by atoms with Crippen molar-refractivity contribution in [2.75, 3.05) is 6.54 Å². The topological polar surface area (TPSA) is 86.6 Å². The number of aliphatic hydroxyl groups excluding tert-OH is 1. The molecule has 0 radical (unpaired) electrons. The molecule has 0 spiro atoms. The second-order valence-corrected chi connectivity index (χ2v) is 5.57. The highest BCUT2D eigenvalue weighted by molar-refractivity contribution is 9.10. The number of amides is 1. The Kier molecular flexibility index (Phi) is 3.91. The molecule has 102 valence electrons. The summed E-state index contributed by atoms with van der Waals surface area (Å²) in [5, 5.41) is 20.2. The highest BCUT2D eigenvalue weighted by Gasteiger charge is 2.51. The zero-order chi connectivity index (χ0) is 14.0. The maximum atomic E-state index is 12.1. The van der Waals surface area contributed by atoms with E-state index in [-0.39, 0.29) is 12.5 Å². The molecule has 2 rings (SSSR count). The maximum Gasteiger partial charge on any atom is 0.334 e. The minimum Gasteiger partial charge on any atom is -0.479 e. The van der Waals surface area contributed by atoms with Crippen LogP contribution >= 0.6 is 15.9 Å². The first-order chi connectivity index (χ1) is 8.95. The number of carbonyl (C=O) groups is 2. The summed E-state index contributed by atoms with van der Waals surface area (Å²) >= 11 is 3.34. The molecule has 3 N–H and O–H groups in total. The normalized spacial score (nSPS) is 17.6. The average molecular weight is 328 g/mol. The molecule has 1 aromatic carbocycles. The number of nitrogens with one attached hydrogen (secondary N) is 1. The van der Waals surface area contributed by atoms with Gasteiger partial charge in [-0.3, -0.25) is 4.79 Å². The van der Waals surface area contributed by atoms with Crippen molar-refractivity contribution in [3.63, 3.8) is 0 Å². The number of carbonyl (C=O) groups excluding carboxylic acids is 1. The lowest BCUT2D eigenvalue weighted by Crippen LogP contribution is -2.41. The SMILES string of the molecule is O=C(O)[C@@H](O)CNC(=O)C1(c2ccc(Br)cc2)CC1. The number of halogens is 1. The fourth-order valence-electron chi connectivity index (χ4n) is 1.99. The number of aliphatic hydroxyl groups is 1. The molecule has 0 aliphatic heterocycles. The standard InChI is InChI=1S/C13H14BrNO4/c14-9-3-1-8(2-4-9)13(5-6-13)12(19)15-7-10(16)11(17)18/h1-4,10,16H,5-7H2,(H,15,19)(H,17,18)/t10-/m0/s1. The summed E-state index contributed by atoms with van der Waals surface area (Å²) in [4.78, 5) is 22.6. The molecule has 1 aliphatic rings. The Morgan fingerprint density at radius 1 is 1.32 bits per heavy atom. The quantitative estimate of drug-likeness (QED) is 0.754. The third-order valence-corrected chi connectivity index (χ3v) is 3.85. The van der Waals surface area contributed by atoms with Gasteiger partial charge in [-0.05, 0) is 30.5 Å². The van der Waals surface area contributed by atoms with Gasteiger partial charge in [0.05, 0.1) is 12.0 Å². The molecular weight excluding hydrogens is 314 g/mol. The van der Waals surface area contributed by atoms with Crippen molar-refractivity contribution in [1.82, 2.24) is 5.32 Å². The summed E-state index contributed by atoms with van der Waals surface area (Å²) in [5.41, 5.74) is 0.358. The molecule has 1 atom stereocenters. The largest absolute Gasteiger partial charge is 0.479 e. The zero-order valence-electron chi connectivity index (χ0n) is 10.1. The summed E-state index contributed by atoms with van der Waals surface area (Å²) in [6.07, 6.45) is -0.0857. The second-order valence-electron chi connectivity index (χ2n) is 4.65. The van der Waals surface area contributed by atoms with E-state index in [0.717, 1.165) is 22.9 Å². The predicted octanol–water partition coefficient (Wildman–Crippen LogP) is 1.04. The number of carboxylic acid groups (broad SMARTS) is 1. The molecule has 6 heteroatoms. The molecule has 1 aliphatic carbocycles. The summed E-state index contributed by atoms with van der Waals surface area (Å²) in [6, 6.07) is 7.50. The number of aliphatic carboxylic acids is 1. The van der Waals surface area contributed by atoms with Gasteiger partial charge in [0.15, 0.2) is 6.10 Å². The van der Waals surface area contributed by atoms with E-state index in [1.54, 1.807) is 0 Å². The lowest BCUT2D eigenvalue weighted by atomic mass is 9.95. The minimum absolute atomic E-state index is 0.227. The van der Waals surface area contributed by atoms with Gasteiger partial charge in [0, 0.05) is 4.47 Å². The predicted molar refractivity (Wildman–Crippen MR) is 71.7 cm³/mol. The molecule has 0 aromatic heterocycles. The maximum absolute atomic E-state index is 12.1. The van der Waals surface area contributed by atoms with Crippen molar-refractivity contribution in [1.29, 1.82) is 0 Å². The van der Waals surface area contributed by atoms with Gasteiger partial charge in [0.2, 0.25) is 5.91 Å². The Labute approximate surface area is 118 Å². The molecule has 0 saturated heterocycles. The lowest BCUT2D eigenvalue weighted by molar-refractivity contribution is -0.146. The monoisotopic (exact) mass is 327 g/mol. The van der Waals surface area contributed by atoms with Gasteiger partial charge in [0.25, 0.3) is 0 Å². The van der Waals surface area contributed by atoms with E-state index < -0.39 is 17.5 Å². The van der Waals surface area contributed by atoms with Crippen molar-refractivity contribution in [2.45, 2.75) is 24.4 Å². The first-order valence-electron chi connectivity index (χ1n) is 5.91. The molecule has 1 amide bonds. The smallest absolute Gasteiger partial charge is 0.334 e. The van der Waals surface area contributed by atoms with Crippen molar-refractivity contribution in [2.24, 2.45) is 0 Å². The van der Waals surface area contributed by atoms with E-state index in [1.807, 2.05) is 24.3 Å². The second kappa shape index (κ2) is 5.30. The number of benzene rings is 1. The van der Waals surface area contributed by atoms with Crippen LogP contribution in [0.3, 0.4) is 0 Å². The first kappa shape index (κ1) is 14.0. The fraction of sp³-hybridized carbons (Fsp3) is 0.385. The average Bonchev–Trinajstić information content (AvgIpc) is 3.17. The number of hydrogen-bond acceptors (Lipinski definition) is 3. The van der Waals surface area contributed by atoms with Gasteiger partial charge in [-0.15, -0.1) is 0 Å². The zero-order valence-corrected chi connectivity index (χ0v) is 11.7. The fourth-order valence-corrected chi connectivity index (χ4v) is 2.25. The summed E-state index contributed by atoms with van der Waals surface area (Å²) in [6.45, 7) is -0.271. The number of rotatable bonds is 5. The van der Waals surface area contributed by atoms with Crippen LogP contribution in [-0.2, 0) is 15.0 Å². The van der Waals surface area contributed by atoms with Crippen LogP contribution in [0.4, 0.5) is 0 Å². The van der Waals surface area contributed by atoms with E-state index in [2.05, 4.69) is 21.2 Å². The Bertz CT molecular complexity index is 496. The van der Waals surface area contributed by atoms with Crippen LogP contribution in [0.15, 0.2) is 28.7 Å². The molecule has 5 nitrogen and oxygen atoms in total. The Balaban J connectivity index is 2.02. The van der Waals surface area contributed by atoms with Crippen molar-refractivity contribution in [3.05, 3.63) is 34.3 Å². The Morgan fingerprint density at radius 3 is 2.37 bits per heavy atom. The van der Waals surface area contributed by atoms with Crippen molar-refractivity contribution >= 4 is 27.8 Å². The van der Waals surface area contributed by atoms with Gasteiger partial charge >= 0.3 is 5.97 Å². The number of carboxylic acids is 1. The van der Waals surface area contributed by atoms with Crippen LogP contribution < -0.4 is 5.32 Å². The molecule has 1 fully saturated rings. The van der Waals surface area contributed by atoms with Crippen molar-refractivity contribution in [3.8, 4) is 0 Å². The Hall–Kier alpha value is -1.40. The van der Waals surface area contributed by atoms with E-state index in [4.69, 9.17) is 10.2 Å². The summed E-state index contributed by atoms with van der Waals surface area (Å²) < 4.78 is 0.939. The van der Waals surface area contributed by atoms with Crippen LogP contribution in [0.2, 0.25) is 0 Å². The summed E-state index contributed by atoms with van der Waals surface area (Å²) in [5.74, 6) is -1.57. The highest BCUT2D eigenvalue weighted by atomic mass is 79.9. The van der Waals surface area contributed by atoms with Crippen LogP contribution in [0.25, 0.3) is 0 Å². The van der Waals surface area contributed by atoms with Crippen LogP contribution in [0.1, 0.15) is 18.4 Å². The molecule has 1 saturated carbocycles. The molecule has 0 bridgehead atoms. The van der Waals surface area contributed by atoms with Gasteiger partial charge in [-0.1, -0.05) is 28.1 Å². The minimum atomic E-state index is -1.57. The van der Waals surface area contributed by atoms with Gasteiger partial charge in [-0.25, -0.2) is 4.79 Å². The molecular formula is C13H14BrNO4. The lowest BCUT2D eigenvalue weighted by Gasteiger charge is -2.16. The van der Waals surface area contributed by atoms with Gasteiger partial charge in [-0.2, -0.15) is 0 Å². The van der Waals surface area contributed by atoms with Crippen LogP contribution in [0.5, 0.6) is 0 Å². The third-order valence-electron chi connectivity index (χ3n) is 3.32. The molecule has 1 aromatic rings. The van der Waals surface area contributed by atoms with Crippen LogP contribution in [-0.4, -0.2) is 34.7 Å². The van der Waals surface area contributed by atoms with E-state index in [0.29, 0.717) is 0 Å². The van der Waals surface area contributed by atoms with Crippen molar-refractivity contribution < 1.29 is 19.8 Å². The van der Waals surface area contributed by atoms with Crippen LogP contribution in [0, 0.1) is 0 Å². The van der Waals surface area contributed by atoms with Gasteiger partial charge < -0.3 is 15.5 Å². The third kappa shape index (κ3) is 2.96. The van der Waals surface area contributed by atoms with Gasteiger partial charge in [0.1, 0.15) is 0 Å². The highest BCUT2D eigenvalue weighted by Crippen LogP contribution is 2.48. The molecule has 0 heterocycles. The van der Waals surface area contributed by atoms with E-state index >= 15 is 0 Å². The first-order valence-corrected chi connectivity index (χ1v) is 6.70. The summed E-state index contributed by atoms with van der Waals surface area (Å²) in [7, 11) is 0. The van der Waals surface area contributed by atoms with E-state index in [1.165, 1.54) is 0 Å². The molecule has 0 unspecified atom stereocenters. The number of hydrogen-bond donors (Lipinski definition) is 3. The van der Waals surface area contributed by atoms with E-state index in [9.17, 15) is 9.59 Å².